The second kappa shape index (κ2) is 8.82. The van der Waals surface area contributed by atoms with Gasteiger partial charge in [0.2, 0.25) is 0 Å². The number of benzene rings is 1. The number of aliphatic imine (C=N–C) groups is 1. The van der Waals surface area contributed by atoms with Crippen LogP contribution < -0.4 is 15.5 Å². The van der Waals surface area contributed by atoms with E-state index in [1.54, 1.807) is 13.1 Å². The van der Waals surface area contributed by atoms with Crippen molar-refractivity contribution in [1.82, 2.24) is 10.6 Å². The summed E-state index contributed by atoms with van der Waals surface area (Å²) in [7, 11) is 1.78. The van der Waals surface area contributed by atoms with Crippen LogP contribution in [0.1, 0.15) is 19.3 Å². The number of anilines is 1. The third kappa shape index (κ3) is 5.19. The van der Waals surface area contributed by atoms with Gasteiger partial charge in [-0.3, -0.25) is 4.99 Å². The number of halogens is 3. The zero-order valence-electron chi connectivity index (χ0n) is 13.9. The van der Waals surface area contributed by atoms with Gasteiger partial charge in [-0.1, -0.05) is 0 Å². The zero-order chi connectivity index (χ0) is 16.2. The zero-order valence-corrected chi connectivity index (χ0v) is 16.2. The molecule has 1 aromatic rings. The normalized spacial score (nSPS) is 20.7. The minimum atomic E-state index is -0.795. The molecule has 1 saturated carbocycles. The van der Waals surface area contributed by atoms with E-state index in [1.807, 2.05) is 0 Å². The van der Waals surface area contributed by atoms with Gasteiger partial charge >= 0.3 is 0 Å². The molecule has 0 amide bonds. The van der Waals surface area contributed by atoms with E-state index in [4.69, 9.17) is 0 Å². The molecule has 0 aromatic heterocycles. The van der Waals surface area contributed by atoms with E-state index >= 15 is 0 Å². The summed E-state index contributed by atoms with van der Waals surface area (Å²) < 4.78 is 26.4. The maximum Gasteiger partial charge on any atom is 0.190 e. The Morgan fingerprint density at radius 3 is 2.46 bits per heavy atom. The fourth-order valence-corrected chi connectivity index (χ4v) is 2.94. The van der Waals surface area contributed by atoms with Crippen molar-refractivity contribution < 1.29 is 8.78 Å². The van der Waals surface area contributed by atoms with Gasteiger partial charge < -0.3 is 15.5 Å². The molecule has 1 aliphatic carbocycles. The molecule has 1 atom stereocenters. The van der Waals surface area contributed by atoms with Gasteiger partial charge in [-0.2, -0.15) is 0 Å². The van der Waals surface area contributed by atoms with Crippen molar-refractivity contribution in [2.75, 3.05) is 38.1 Å². The maximum absolute atomic E-state index is 13.3. The first kappa shape index (κ1) is 19.2. The third-order valence-corrected chi connectivity index (χ3v) is 4.59. The van der Waals surface area contributed by atoms with Crippen LogP contribution in [0.4, 0.5) is 14.5 Å². The highest BCUT2D eigenvalue weighted by Gasteiger charge is 2.24. The van der Waals surface area contributed by atoms with Gasteiger partial charge in [0, 0.05) is 45.0 Å². The molecule has 1 aromatic carbocycles. The summed E-state index contributed by atoms with van der Waals surface area (Å²) in [6.45, 7) is 3.54. The third-order valence-electron chi connectivity index (χ3n) is 4.59. The van der Waals surface area contributed by atoms with E-state index in [2.05, 4.69) is 20.5 Å². The van der Waals surface area contributed by atoms with Crippen molar-refractivity contribution in [3.63, 3.8) is 0 Å². The molecule has 4 nitrogen and oxygen atoms in total. The number of hydrogen-bond donors (Lipinski definition) is 2. The minimum Gasteiger partial charge on any atom is -0.371 e. The van der Waals surface area contributed by atoms with Crippen molar-refractivity contribution in [2.24, 2.45) is 16.8 Å². The second-order valence-electron chi connectivity index (χ2n) is 6.48. The van der Waals surface area contributed by atoms with Gasteiger partial charge in [0.15, 0.2) is 17.6 Å². The molecule has 2 aliphatic rings. The number of nitrogens with one attached hydrogen (secondary N) is 2. The summed E-state index contributed by atoms with van der Waals surface area (Å²) in [5, 5.41) is 6.71. The van der Waals surface area contributed by atoms with E-state index in [0.29, 0.717) is 5.92 Å². The molecule has 3 rings (SSSR count). The highest BCUT2D eigenvalue weighted by Crippen LogP contribution is 2.27. The van der Waals surface area contributed by atoms with Gasteiger partial charge in [0.05, 0.1) is 0 Å². The number of nitrogens with zero attached hydrogens (tertiary/aromatic N) is 2. The van der Waals surface area contributed by atoms with Crippen molar-refractivity contribution in [3.8, 4) is 0 Å². The van der Waals surface area contributed by atoms with Crippen molar-refractivity contribution in [1.29, 1.82) is 0 Å². The monoisotopic (exact) mass is 450 g/mol. The molecule has 0 radical (unpaired) electrons. The highest BCUT2D eigenvalue weighted by molar-refractivity contribution is 14.0. The van der Waals surface area contributed by atoms with E-state index < -0.39 is 11.6 Å². The molecular weight excluding hydrogens is 425 g/mol. The standard InChI is InChI=1S/C17H24F2N4.HI/c1-20-17(21-9-12-2-3-12)22-10-13-6-7-23(11-13)14-4-5-15(18)16(19)8-14;/h4-5,8,12-13H,2-3,6-7,9-11H2,1H3,(H2,20,21,22);1H. The Bertz CT molecular complexity index is 578. The molecule has 1 unspecified atom stereocenters. The first-order valence-electron chi connectivity index (χ1n) is 8.30. The summed E-state index contributed by atoms with van der Waals surface area (Å²) in [5.74, 6) is 0.556. The Balaban J connectivity index is 0.00000208. The van der Waals surface area contributed by atoms with Crippen molar-refractivity contribution in [3.05, 3.63) is 29.8 Å². The Morgan fingerprint density at radius 1 is 1.12 bits per heavy atom. The number of hydrogen-bond acceptors (Lipinski definition) is 2. The van der Waals surface area contributed by atoms with Gasteiger partial charge in [-0.25, -0.2) is 8.78 Å². The number of guanidine groups is 1. The van der Waals surface area contributed by atoms with Crippen molar-refractivity contribution >= 4 is 35.6 Å². The minimum absolute atomic E-state index is 0. The van der Waals surface area contributed by atoms with Crippen LogP contribution in [0.25, 0.3) is 0 Å². The largest absolute Gasteiger partial charge is 0.371 e. The van der Waals surface area contributed by atoms with Crippen molar-refractivity contribution in [2.45, 2.75) is 19.3 Å². The average Bonchev–Trinajstić information content (AvgIpc) is 3.26. The molecule has 134 valence electrons. The van der Waals surface area contributed by atoms with E-state index in [1.165, 1.54) is 25.0 Å². The van der Waals surface area contributed by atoms with Crippen LogP contribution in [0, 0.1) is 23.5 Å². The lowest BCUT2D eigenvalue weighted by Gasteiger charge is -2.19. The van der Waals surface area contributed by atoms with Crippen LogP contribution in [-0.4, -0.2) is 39.2 Å². The Morgan fingerprint density at radius 2 is 1.83 bits per heavy atom. The van der Waals surface area contributed by atoms with Gasteiger partial charge in [-0.05, 0) is 43.2 Å². The van der Waals surface area contributed by atoms with Crippen LogP contribution in [0.2, 0.25) is 0 Å². The smallest absolute Gasteiger partial charge is 0.190 e. The Kier molecular flexibility index (Phi) is 7.06. The SMILES string of the molecule is CN=C(NCC1CC1)NCC1CCN(c2ccc(F)c(F)c2)C1.I. The summed E-state index contributed by atoms with van der Waals surface area (Å²) in [6, 6.07) is 4.12. The lowest BCUT2D eigenvalue weighted by atomic mass is 10.1. The molecule has 1 heterocycles. The molecule has 2 fully saturated rings. The quantitative estimate of drug-likeness (QED) is 0.412. The molecule has 1 aliphatic heterocycles. The fourth-order valence-electron chi connectivity index (χ4n) is 2.94. The summed E-state index contributed by atoms with van der Waals surface area (Å²) in [4.78, 5) is 6.34. The second-order valence-corrected chi connectivity index (χ2v) is 6.48. The van der Waals surface area contributed by atoms with Gasteiger partial charge in [0.25, 0.3) is 0 Å². The lowest BCUT2D eigenvalue weighted by Crippen LogP contribution is -2.41. The van der Waals surface area contributed by atoms with E-state index in [9.17, 15) is 8.78 Å². The maximum atomic E-state index is 13.3. The highest BCUT2D eigenvalue weighted by atomic mass is 127. The molecule has 24 heavy (non-hydrogen) atoms. The molecule has 0 spiro atoms. The van der Waals surface area contributed by atoms with Crippen LogP contribution in [-0.2, 0) is 0 Å². The van der Waals surface area contributed by atoms with Crippen LogP contribution in [0.15, 0.2) is 23.2 Å². The molecule has 2 N–H and O–H groups in total. The van der Waals surface area contributed by atoms with E-state index in [-0.39, 0.29) is 24.0 Å². The first-order valence-corrected chi connectivity index (χ1v) is 8.30. The summed E-state index contributed by atoms with van der Waals surface area (Å²) >= 11 is 0. The Labute approximate surface area is 159 Å². The van der Waals surface area contributed by atoms with Gasteiger partial charge in [-0.15, -0.1) is 24.0 Å². The van der Waals surface area contributed by atoms with Crippen LogP contribution >= 0.6 is 24.0 Å². The summed E-state index contributed by atoms with van der Waals surface area (Å²) in [6.07, 6.45) is 3.66. The van der Waals surface area contributed by atoms with Crippen LogP contribution in [0.3, 0.4) is 0 Å². The molecule has 0 bridgehead atoms. The Hall–Kier alpha value is -1.12. The van der Waals surface area contributed by atoms with Gasteiger partial charge in [0.1, 0.15) is 0 Å². The molecular formula is C17H25F2IN4. The van der Waals surface area contributed by atoms with Crippen LogP contribution in [0.5, 0.6) is 0 Å². The average molecular weight is 450 g/mol. The van der Waals surface area contributed by atoms with E-state index in [0.717, 1.165) is 50.2 Å². The topological polar surface area (TPSA) is 39.7 Å². The fraction of sp³-hybridized carbons (Fsp3) is 0.588. The molecule has 7 heteroatoms. The summed E-state index contributed by atoms with van der Waals surface area (Å²) in [5.41, 5.74) is 0.752. The first-order chi connectivity index (χ1) is 11.2. The number of rotatable bonds is 5. The molecule has 1 saturated heterocycles. The lowest BCUT2D eigenvalue weighted by molar-refractivity contribution is 0.508. The predicted molar refractivity (Wildman–Crippen MR) is 104 cm³/mol. The predicted octanol–water partition coefficient (Wildman–Crippen LogP) is 2.98.